The van der Waals surface area contributed by atoms with Crippen molar-refractivity contribution in [1.82, 2.24) is 10.3 Å². The van der Waals surface area contributed by atoms with Crippen molar-refractivity contribution in [3.8, 4) is 6.07 Å². The highest BCUT2D eigenvalue weighted by Crippen LogP contribution is 2.24. The van der Waals surface area contributed by atoms with E-state index < -0.39 is 0 Å². The molecule has 18 heavy (non-hydrogen) atoms. The maximum atomic E-state index is 9.15. The van der Waals surface area contributed by atoms with Crippen LogP contribution in [0.5, 0.6) is 0 Å². The molecule has 0 saturated carbocycles. The predicted molar refractivity (Wildman–Crippen MR) is 72.6 cm³/mol. The normalized spacial score (nSPS) is 13.4. The SMILES string of the molecule is CC(C)NCCNc1nc2c(cc1C#N)CCC2. The quantitative estimate of drug-likeness (QED) is 0.776. The van der Waals surface area contributed by atoms with Crippen LogP contribution in [-0.2, 0) is 12.8 Å². The summed E-state index contributed by atoms with van der Waals surface area (Å²) >= 11 is 0. The van der Waals surface area contributed by atoms with Crippen LogP contribution in [-0.4, -0.2) is 24.1 Å². The Balaban J connectivity index is 2.01. The molecular weight excluding hydrogens is 224 g/mol. The lowest BCUT2D eigenvalue weighted by molar-refractivity contribution is 0.602. The fraction of sp³-hybridized carbons (Fsp3) is 0.571. The van der Waals surface area contributed by atoms with Crippen LogP contribution in [0, 0.1) is 11.3 Å². The molecule has 1 aliphatic carbocycles. The number of aryl methyl sites for hydroxylation is 2. The zero-order chi connectivity index (χ0) is 13.0. The highest BCUT2D eigenvalue weighted by molar-refractivity contribution is 5.55. The van der Waals surface area contributed by atoms with Crippen molar-refractivity contribution in [3.05, 3.63) is 22.9 Å². The van der Waals surface area contributed by atoms with Gasteiger partial charge in [-0.05, 0) is 30.9 Å². The van der Waals surface area contributed by atoms with E-state index in [0.717, 1.165) is 43.9 Å². The third-order valence-electron chi connectivity index (χ3n) is 3.14. The van der Waals surface area contributed by atoms with Crippen LogP contribution >= 0.6 is 0 Å². The number of hydrogen-bond donors (Lipinski definition) is 2. The molecule has 4 heteroatoms. The summed E-state index contributed by atoms with van der Waals surface area (Å²) in [7, 11) is 0. The van der Waals surface area contributed by atoms with Gasteiger partial charge in [-0.15, -0.1) is 0 Å². The first-order valence-electron chi connectivity index (χ1n) is 6.61. The van der Waals surface area contributed by atoms with Crippen molar-refractivity contribution in [3.63, 3.8) is 0 Å². The van der Waals surface area contributed by atoms with Crippen LogP contribution in [0.3, 0.4) is 0 Å². The Morgan fingerprint density at radius 1 is 1.39 bits per heavy atom. The maximum absolute atomic E-state index is 9.15. The standard InChI is InChI=1S/C14H20N4/c1-10(2)16-6-7-17-14-12(9-15)8-11-4-3-5-13(11)18-14/h8,10,16H,3-7H2,1-2H3,(H,17,18). The van der Waals surface area contributed by atoms with Gasteiger partial charge in [0, 0.05) is 24.8 Å². The van der Waals surface area contributed by atoms with Gasteiger partial charge in [-0.25, -0.2) is 4.98 Å². The van der Waals surface area contributed by atoms with E-state index in [1.807, 2.05) is 6.07 Å². The average Bonchev–Trinajstić information content (AvgIpc) is 2.80. The Hall–Kier alpha value is -1.60. The van der Waals surface area contributed by atoms with Gasteiger partial charge in [0.1, 0.15) is 11.9 Å². The average molecular weight is 244 g/mol. The number of nitrogens with zero attached hydrogens (tertiary/aromatic N) is 2. The zero-order valence-corrected chi connectivity index (χ0v) is 11.1. The van der Waals surface area contributed by atoms with Gasteiger partial charge in [-0.3, -0.25) is 0 Å². The monoisotopic (exact) mass is 244 g/mol. The smallest absolute Gasteiger partial charge is 0.144 e. The minimum absolute atomic E-state index is 0.482. The molecule has 4 nitrogen and oxygen atoms in total. The van der Waals surface area contributed by atoms with Gasteiger partial charge in [0.25, 0.3) is 0 Å². The molecule has 0 aliphatic heterocycles. The molecule has 96 valence electrons. The first-order chi connectivity index (χ1) is 8.70. The number of rotatable bonds is 5. The lowest BCUT2D eigenvalue weighted by Gasteiger charge is -2.11. The topological polar surface area (TPSA) is 60.7 Å². The van der Waals surface area contributed by atoms with Crippen molar-refractivity contribution in [2.24, 2.45) is 0 Å². The van der Waals surface area contributed by atoms with E-state index in [0.29, 0.717) is 11.6 Å². The van der Waals surface area contributed by atoms with Crippen LogP contribution in [0.15, 0.2) is 6.07 Å². The summed E-state index contributed by atoms with van der Waals surface area (Å²) in [5, 5.41) is 15.7. The van der Waals surface area contributed by atoms with Crippen molar-refractivity contribution in [2.45, 2.75) is 39.2 Å². The summed E-state index contributed by atoms with van der Waals surface area (Å²) in [5.74, 6) is 0.740. The second kappa shape index (κ2) is 5.83. The molecule has 0 spiro atoms. The van der Waals surface area contributed by atoms with Gasteiger partial charge in [0.15, 0.2) is 0 Å². The summed E-state index contributed by atoms with van der Waals surface area (Å²) in [4.78, 5) is 4.58. The molecule has 1 heterocycles. The summed E-state index contributed by atoms with van der Waals surface area (Å²) in [6, 6.07) is 4.70. The molecule has 0 atom stereocenters. The lowest BCUT2D eigenvalue weighted by Crippen LogP contribution is -2.28. The van der Waals surface area contributed by atoms with Gasteiger partial charge >= 0.3 is 0 Å². The minimum Gasteiger partial charge on any atom is -0.368 e. The molecule has 1 aromatic rings. The van der Waals surface area contributed by atoms with E-state index in [1.54, 1.807) is 0 Å². The largest absolute Gasteiger partial charge is 0.368 e. The van der Waals surface area contributed by atoms with Crippen molar-refractivity contribution >= 4 is 5.82 Å². The molecule has 0 bridgehead atoms. The molecule has 0 unspecified atom stereocenters. The van der Waals surface area contributed by atoms with E-state index >= 15 is 0 Å². The molecule has 2 N–H and O–H groups in total. The van der Waals surface area contributed by atoms with Crippen molar-refractivity contribution < 1.29 is 0 Å². The number of nitrogens with one attached hydrogen (secondary N) is 2. The predicted octanol–water partition coefficient (Wildman–Crippen LogP) is 1.85. The molecule has 0 radical (unpaired) electrons. The second-order valence-electron chi connectivity index (χ2n) is 4.99. The fourth-order valence-corrected chi connectivity index (χ4v) is 2.23. The van der Waals surface area contributed by atoms with Crippen LogP contribution in [0.2, 0.25) is 0 Å². The highest BCUT2D eigenvalue weighted by Gasteiger charge is 2.15. The second-order valence-corrected chi connectivity index (χ2v) is 4.99. The molecule has 2 rings (SSSR count). The van der Waals surface area contributed by atoms with Gasteiger partial charge in [-0.1, -0.05) is 13.8 Å². The molecule has 0 saturated heterocycles. The molecular formula is C14H20N4. The van der Waals surface area contributed by atoms with Gasteiger partial charge in [-0.2, -0.15) is 5.26 Å². The minimum atomic E-state index is 0.482. The zero-order valence-electron chi connectivity index (χ0n) is 11.1. The van der Waals surface area contributed by atoms with Gasteiger partial charge in [0.2, 0.25) is 0 Å². The maximum Gasteiger partial charge on any atom is 0.144 e. The van der Waals surface area contributed by atoms with Crippen LogP contribution in [0.25, 0.3) is 0 Å². The van der Waals surface area contributed by atoms with Crippen LogP contribution in [0.1, 0.15) is 37.1 Å². The first kappa shape index (κ1) is 12.8. The molecule has 0 fully saturated rings. The molecule has 1 aliphatic rings. The molecule has 1 aromatic heterocycles. The Labute approximate surface area is 108 Å². The molecule has 0 amide bonds. The summed E-state index contributed by atoms with van der Waals surface area (Å²) in [6.07, 6.45) is 3.26. The number of hydrogen-bond acceptors (Lipinski definition) is 4. The first-order valence-corrected chi connectivity index (χ1v) is 6.61. The number of nitriles is 1. The third-order valence-corrected chi connectivity index (χ3v) is 3.14. The lowest BCUT2D eigenvalue weighted by atomic mass is 10.1. The van der Waals surface area contributed by atoms with E-state index in [-0.39, 0.29) is 0 Å². The summed E-state index contributed by atoms with van der Waals surface area (Å²) in [5.41, 5.74) is 3.07. The Kier molecular flexibility index (Phi) is 4.16. The van der Waals surface area contributed by atoms with Crippen LogP contribution < -0.4 is 10.6 Å². The Morgan fingerprint density at radius 2 is 2.22 bits per heavy atom. The van der Waals surface area contributed by atoms with Crippen LogP contribution in [0.4, 0.5) is 5.82 Å². The van der Waals surface area contributed by atoms with E-state index in [9.17, 15) is 0 Å². The van der Waals surface area contributed by atoms with Gasteiger partial charge < -0.3 is 10.6 Å². The fourth-order valence-electron chi connectivity index (χ4n) is 2.23. The Bertz CT molecular complexity index is 460. The number of anilines is 1. The number of fused-ring (bicyclic) bond motifs is 1. The van der Waals surface area contributed by atoms with E-state index in [2.05, 4.69) is 35.5 Å². The number of pyridine rings is 1. The molecule has 0 aromatic carbocycles. The highest BCUT2D eigenvalue weighted by atomic mass is 15.0. The third kappa shape index (κ3) is 2.99. The van der Waals surface area contributed by atoms with Crippen molar-refractivity contribution in [2.75, 3.05) is 18.4 Å². The summed E-state index contributed by atoms with van der Waals surface area (Å²) < 4.78 is 0. The van der Waals surface area contributed by atoms with E-state index in [4.69, 9.17) is 5.26 Å². The summed E-state index contributed by atoms with van der Waals surface area (Å²) in [6.45, 7) is 5.91. The van der Waals surface area contributed by atoms with Gasteiger partial charge in [0.05, 0.1) is 5.56 Å². The van der Waals surface area contributed by atoms with E-state index in [1.165, 1.54) is 5.56 Å². The Morgan fingerprint density at radius 3 is 2.94 bits per heavy atom. The number of aromatic nitrogens is 1. The van der Waals surface area contributed by atoms with Crippen molar-refractivity contribution in [1.29, 1.82) is 5.26 Å².